The average Bonchev–Trinajstić information content (AvgIpc) is 2.39. The fraction of sp³-hybridized carbons (Fsp3) is 0.600. The average molecular weight is 246 g/mol. The summed E-state index contributed by atoms with van der Waals surface area (Å²) in [6.45, 7) is 7.26. The second-order valence-corrected chi connectivity index (χ2v) is 5.48. The van der Waals surface area contributed by atoms with E-state index < -0.39 is 0 Å². The van der Waals surface area contributed by atoms with Gasteiger partial charge < -0.3 is 9.64 Å². The van der Waals surface area contributed by atoms with Crippen molar-refractivity contribution in [1.29, 1.82) is 0 Å². The van der Waals surface area contributed by atoms with Crippen molar-refractivity contribution in [1.82, 2.24) is 9.80 Å². The quantitative estimate of drug-likeness (QED) is 0.786. The molecule has 0 aliphatic carbocycles. The van der Waals surface area contributed by atoms with E-state index in [1.165, 1.54) is 24.1 Å². The molecule has 1 aromatic carbocycles. The van der Waals surface area contributed by atoms with Crippen molar-refractivity contribution in [2.45, 2.75) is 19.5 Å². The van der Waals surface area contributed by atoms with Gasteiger partial charge in [0.2, 0.25) is 0 Å². The predicted molar refractivity (Wildman–Crippen MR) is 72.6 cm³/mol. The minimum Gasteiger partial charge on any atom is -0.379 e. The smallest absolute Gasteiger partial charge is 0.0594 e. The lowest BCUT2D eigenvalue weighted by atomic mass is 9.97. The summed E-state index contributed by atoms with van der Waals surface area (Å²) in [5.41, 5.74) is 4.51. The van der Waals surface area contributed by atoms with Gasteiger partial charge in [0.05, 0.1) is 13.2 Å². The summed E-state index contributed by atoms with van der Waals surface area (Å²) < 4.78 is 5.39. The van der Waals surface area contributed by atoms with Crippen LogP contribution in [0.4, 0.5) is 0 Å². The van der Waals surface area contributed by atoms with Crippen molar-refractivity contribution < 1.29 is 4.74 Å². The van der Waals surface area contributed by atoms with Gasteiger partial charge in [-0.15, -0.1) is 0 Å². The molecule has 0 unspecified atom stereocenters. The zero-order chi connectivity index (χ0) is 12.4. The first-order valence-corrected chi connectivity index (χ1v) is 6.90. The number of likely N-dealkylation sites (N-methyl/N-ethyl adjacent to an activating group) is 1. The number of hydrogen-bond acceptors (Lipinski definition) is 3. The number of morpholine rings is 1. The summed E-state index contributed by atoms with van der Waals surface area (Å²) in [6.07, 6.45) is 1.20. The highest BCUT2D eigenvalue weighted by Gasteiger charge is 2.15. The normalized spacial score (nSPS) is 21.8. The third kappa shape index (κ3) is 2.74. The lowest BCUT2D eigenvalue weighted by Crippen LogP contribution is -2.35. The van der Waals surface area contributed by atoms with Gasteiger partial charge in [0, 0.05) is 32.7 Å². The first kappa shape index (κ1) is 12.2. The van der Waals surface area contributed by atoms with Crippen molar-refractivity contribution in [2.24, 2.45) is 0 Å². The van der Waals surface area contributed by atoms with Crippen molar-refractivity contribution in [3.63, 3.8) is 0 Å². The molecule has 18 heavy (non-hydrogen) atoms. The Hall–Kier alpha value is -0.900. The van der Waals surface area contributed by atoms with Crippen LogP contribution in [0.3, 0.4) is 0 Å². The molecule has 0 bridgehead atoms. The van der Waals surface area contributed by atoms with Gasteiger partial charge in [-0.25, -0.2) is 0 Å². The summed E-state index contributed by atoms with van der Waals surface area (Å²) in [5, 5.41) is 0. The Balaban J connectivity index is 1.71. The first-order chi connectivity index (χ1) is 8.81. The van der Waals surface area contributed by atoms with Crippen molar-refractivity contribution in [3.05, 3.63) is 34.9 Å². The van der Waals surface area contributed by atoms with Gasteiger partial charge in [-0.1, -0.05) is 18.2 Å². The van der Waals surface area contributed by atoms with Crippen LogP contribution in [-0.4, -0.2) is 49.7 Å². The van der Waals surface area contributed by atoms with Gasteiger partial charge in [0.15, 0.2) is 0 Å². The monoisotopic (exact) mass is 246 g/mol. The van der Waals surface area contributed by atoms with Crippen LogP contribution < -0.4 is 0 Å². The minimum absolute atomic E-state index is 0.883. The minimum atomic E-state index is 0.883. The molecule has 1 fully saturated rings. The molecule has 0 radical (unpaired) electrons. The Kier molecular flexibility index (Phi) is 3.64. The highest BCUT2D eigenvalue weighted by atomic mass is 16.5. The second kappa shape index (κ2) is 5.39. The first-order valence-electron chi connectivity index (χ1n) is 6.90. The topological polar surface area (TPSA) is 15.7 Å². The van der Waals surface area contributed by atoms with E-state index in [1.54, 1.807) is 5.56 Å². The summed E-state index contributed by atoms with van der Waals surface area (Å²) in [6, 6.07) is 7.04. The molecule has 98 valence electrons. The van der Waals surface area contributed by atoms with Crippen LogP contribution in [0.15, 0.2) is 18.2 Å². The van der Waals surface area contributed by atoms with Crippen LogP contribution in [0.5, 0.6) is 0 Å². The third-order valence-electron chi connectivity index (χ3n) is 3.98. The summed E-state index contributed by atoms with van der Waals surface area (Å²) in [4.78, 5) is 4.89. The summed E-state index contributed by atoms with van der Waals surface area (Å²) in [5.74, 6) is 0. The molecule has 1 saturated heterocycles. The Morgan fingerprint density at radius 2 is 1.94 bits per heavy atom. The zero-order valence-electron chi connectivity index (χ0n) is 11.2. The molecule has 0 spiro atoms. The van der Waals surface area contributed by atoms with Crippen LogP contribution in [0, 0.1) is 0 Å². The fourth-order valence-electron chi connectivity index (χ4n) is 2.87. The lowest BCUT2D eigenvalue weighted by molar-refractivity contribution is 0.0342. The lowest BCUT2D eigenvalue weighted by Gasteiger charge is -2.28. The van der Waals surface area contributed by atoms with E-state index in [-0.39, 0.29) is 0 Å². The van der Waals surface area contributed by atoms with Crippen LogP contribution in [0.2, 0.25) is 0 Å². The Bertz CT molecular complexity index is 413. The van der Waals surface area contributed by atoms with E-state index >= 15 is 0 Å². The van der Waals surface area contributed by atoms with Gasteiger partial charge in [0.1, 0.15) is 0 Å². The summed E-state index contributed by atoms with van der Waals surface area (Å²) in [7, 11) is 2.21. The van der Waals surface area contributed by atoms with Crippen LogP contribution in [-0.2, 0) is 24.2 Å². The van der Waals surface area contributed by atoms with E-state index in [1.807, 2.05) is 0 Å². The number of benzene rings is 1. The number of ether oxygens (including phenoxy) is 1. The molecular formula is C15H22N2O. The van der Waals surface area contributed by atoms with Crippen molar-refractivity contribution in [3.8, 4) is 0 Å². The second-order valence-electron chi connectivity index (χ2n) is 5.48. The van der Waals surface area contributed by atoms with Crippen LogP contribution >= 0.6 is 0 Å². The van der Waals surface area contributed by atoms with Crippen LogP contribution in [0.25, 0.3) is 0 Å². The molecule has 0 amide bonds. The standard InChI is InChI=1S/C15H22N2O/c1-16-5-4-14-3-2-13(10-15(14)12-16)11-17-6-8-18-9-7-17/h2-3,10H,4-9,11-12H2,1H3. The van der Waals surface area contributed by atoms with Crippen molar-refractivity contribution >= 4 is 0 Å². The van der Waals surface area contributed by atoms with E-state index in [2.05, 4.69) is 35.0 Å². The predicted octanol–water partition coefficient (Wildman–Crippen LogP) is 1.51. The van der Waals surface area contributed by atoms with Gasteiger partial charge in [-0.05, 0) is 30.2 Å². The van der Waals surface area contributed by atoms with E-state index in [4.69, 9.17) is 4.74 Å². The van der Waals surface area contributed by atoms with E-state index in [0.29, 0.717) is 0 Å². The molecule has 0 aromatic heterocycles. The maximum atomic E-state index is 5.39. The van der Waals surface area contributed by atoms with Gasteiger partial charge in [-0.3, -0.25) is 4.90 Å². The number of fused-ring (bicyclic) bond motifs is 1. The zero-order valence-corrected chi connectivity index (χ0v) is 11.2. The Morgan fingerprint density at radius 1 is 1.11 bits per heavy atom. The molecule has 0 saturated carbocycles. The molecule has 2 aliphatic heterocycles. The summed E-state index contributed by atoms with van der Waals surface area (Å²) >= 11 is 0. The molecular weight excluding hydrogens is 224 g/mol. The molecule has 3 rings (SSSR count). The largest absolute Gasteiger partial charge is 0.379 e. The number of rotatable bonds is 2. The number of hydrogen-bond donors (Lipinski definition) is 0. The SMILES string of the molecule is CN1CCc2ccc(CN3CCOCC3)cc2C1. The van der Waals surface area contributed by atoms with E-state index in [0.717, 1.165) is 39.4 Å². The molecule has 2 aliphatic rings. The van der Waals surface area contributed by atoms with Gasteiger partial charge in [-0.2, -0.15) is 0 Å². The highest BCUT2D eigenvalue weighted by molar-refractivity contribution is 5.33. The van der Waals surface area contributed by atoms with Gasteiger partial charge in [0.25, 0.3) is 0 Å². The Labute approximate surface area is 109 Å². The molecule has 1 aromatic rings. The molecule has 3 heteroatoms. The van der Waals surface area contributed by atoms with E-state index in [9.17, 15) is 0 Å². The Morgan fingerprint density at radius 3 is 2.78 bits per heavy atom. The molecule has 0 atom stereocenters. The molecule has 2 heterocycles. The number of nitrogens with zero attached hydrogens (tertiary/aromatic N) is 2. The molecule has 0 N–H and O–H groups in total. The fourth-order valence-corrected chi connectivity index (χ4v) is 2.87. The van der Waals surface area contributed by atoms with Crippen LogP contribution in [0.1, 0.15) is 16.7 Å². The maximum absolute atomic E-state index is 5.39. The highest BCUT2D eigenvalue weighted by Crippen LogP contribution is 2.20. The van der Waals surface area contributed by atoms with Gasteiger partial charge >= 0.3 is 0 Å². The third-order valence-corrected chi connectivity index (χ3v) is 3.98. The molecule has 3 nitrogen and oxygen atoms in total. The maximum Gasteiger partial charge on any atom is 0.0594 e. The van der Waals surface area contributed by atoms with Crippen molar-refractivity contribution in [2.75, 3.05) is 39.9 Å².